The number of aryl methyl sites for hydroxylation is 2. The van der Waals surface area contributed by atoms with Gasteiger partial charge in [-0.2, -0.15) is 13.2 Å². The Hall–Kier alpha value is -3.33. The van der Waals surface area contributed by atoms with Crippen LogP contribution in [0, 0.1) is 13.8 Å². The number of hydrogen-bond donors (Lipinski definition) is 1. The van der Waals surface area contributed by atoms with Crippen LogP contribution in [0.3, 0.4) is 0 Å². The lowest BCUT2D eigenvalue weighted by Gasteiger charge is -2.26. The molecule has 0 aliphatic heterocycles. The van der Waals surface area contributed by atoms with Gasteiger partial charge in [0.15, 0.2) is 0 Å². The van der Waals surface area contributed by atoms with Crippen molar-refractivity contribution in [3.05, 3.63) is 95.1 Å². The fourth-order valence-electron chi connectivity index (χ4n) is 3.43. The number of sulfonamides is 1. The summed E-state index contributed by atoms with van der Waals surface area (Å²) in [5.41, 5.74) is 0.831. The Labute approximate surface area is 197 Å². The highest BCUT2D eigenvalue weighted by Crippen LogP contribution is 2.33. The summed E-state index contributed by atoms with van der Waals surface area (Å²) in [5.74, 6) is -0.623. The second-order valence-electron chi connectivity index (χ2n) is 7.91. The molecule has 3 rings (SSSR count). The SMILES string of the molecule is Cc1ccc(C)c(S(=O)(=O)N(CC(=O)NCCc2ccccc2)c2cccc(C(F)(F)F)c2)c1. The standard InChI is InChI=1S/C25H25F3N2O3S/c1-18-11-12-19(2)23(15-18)34(32,33)30(22-10-6-9-21(16-22)25(26,27)28)17-24(31)29-14-13-20-7-4-3-5-8-20/h3-12,15-16H,13-14,17H2,1-2H3,(H,29,31). The number of halogens is 3. The van der Waals surface area contributed by atoms with E-state index in [1.807, 2.05) is 30.3 Å². The molecule has 0 spiro atoms. The van der Waals surface area contributed by atoms with Gasteiger partial charge in [0.1, 0.15) is 6.54 Å². The number of alkyl halides is 3. The van der Waals surface area contributed by atoms with E-state index < -0.39 is 34.2 Å². The first-order valence-electron chi connectivity index (χ1n) is 10.6. The Balaban J connectivity index is 1.92. The highest BCUT2D eigenvalue weighted by atomic mass is 32.2. The van der Waals surface area contributed by atoms with Gasteiger partial charge in [0.05, 0.1) is 16.1 Å². The molecule has 0 fully saturated rings. The highest BCUT2D eigenvalue weighted by Gasteiger charge is 2.33. The number of carbonyl (C=O) groups excluding carboxylic acids is 1. The predicted octanol–water partition coefficient (Wildman–Crippen LogP) is 4.88. The first-order valence-corrected chi connectivity index (χ1v) is 12.0. The van der Waals surface area contributed by atoms with Gasteiger partial charge >= 0.3 is 6.18 Å². The summed E-state index contributed by atoms with van der Waals surface area (Å²) in [6.45, 7) is 2.90. The Morgan fingerprint density at radius 3 is 2.32 bits per heavy atom. The molecule has 0 aliphatic carbocycles. The molecule has 0 saturated carbocycles. The maximum Gasteiger partial charge on any atom is 0.416 e. The molecule has 0 aliphatic rings. The maximum absolute atomic E-state index is 13.6. The molecule has 0 saturated heterocycles. The Kier molecular flexibility index (Phi) is 7.66. The molecule has 1 N–H and O–H groups in total. The van der Waals surface area contributed by atoms with E-state index in [0.29, 0.717) is 17.5 Å². The van der Waals surface area contributed by atoms with E-state index in [2.05, 4.69) is 5.32 Å². The van der Waals surface area contributed by atoms with Gasteiger partial charge in [-0.1, -0.05) is 48.5 Å². The molecular formula is C25H25F3N2O3S. The fourth-order valence-corrected chi connectivity index (χ4v) is 5.16. The van der Waals surface area contributed by atoms with Crippen molar-refractivity contribution in [3.8, 4) is 0 Å². The number of anilines is 1. The molecule has 0 bridgehead atoms. The van der Waals surface area contributed by atoms with Gasteiger partial charge in [-0.05, 0) is 61.2 Å². The summed E-state index contributed by atoms with van der Waals surface area (Å²) in [6, 6.07) is 18.1. The first-order chi connectivity index (χ1) is 16.0. The van der Waals surface area contributed by atoms with Crippen molar-refractivity contribution in [2.24, 2.45) is 0 Å². The number of benzene rings is 3. The van der Waals surface area contributed by atoms with Gasteiger partial charge in [0.2, 0.25) is 5.91 Å². The van der Waals surface area contributed by atoms with E-state index in [0.717, 1.165) is 28.1 Å². The van der Waals surface area contributed by atoms with Crippen LogP contribution in [0.1, 0.15) is 22.3 Å². The first kappa shape index (κ1) is 25.3. The Morgan fingerprint density at radius 2 is 1.65 bits per heavy atom. The monoisotopic (exact) mass is 490 g/mol. The van der Waals surface area contributed by atoms with Crippen molar-refractivity contribution >= 4 is 21.6 Å². The smallest absolute Gasteiger partial charge is 0.354 e. The minimum atomic E-state index is -4.66. The lowest BCUT2D eigenvalue weighted by Crippen LogP contribution is -2.41. The zero-order chi connectivity index (χ0) is 24.9. The normalized spacial score (nSPS) is 11.8. The van der Waals surface area contributed by atoms with Crippen molar-refractivity contribution < 1.29 is 26.4 Å². The van der Waals surface area contributed by atoms with E-state index in [-0.39, 0.29) is 17.1 Å². The van der Waals surface area contributed by atoms with Crippen molar-refractivity contribution in [2.75, 3.05) is 17.4 Å². The Bertz CT molecular complexity index is 1260. The minimum absolute atomic E-state index is 0.0676. The molecule has 0 aromatic heterocycles. The quantitative estimate of drug-likeness (QED) is 0.490. The van der Waals surface area contributed by atoms with E-state index in [9.17, 15) is 26.4 Å². The molecule has 3 aromatic carbocycles. The van der Waals surface area contributed by atoms with Crippen LogP contribution in [0.15, 0.2) is 77.7 Å². The van der Waals surface area contributed by atoms with Crippen LogP contribution in [0.25, 0.3) is 0 Å². The average Bonchev–Trinajstić information content (AvgIpc) is 2.79. The molecular weight excluding hydrogens is 465 g/mol. The van der Waals surface area contributed by atoms with Crippen LogP contribution in [0.4, 0.5) is 18.9 Å². The molecule has 3 aromatic rings. The number of nitrogens with one attached hydrogen (secondary N) is 1. The van der Waals surface area contributed by atoms with Gasteiger partial charge < -0.3 is 5.32 Å². The molecule has 1 amide bonds. The van der Waals surface area contributed by atoms with E-state index in [1.165, 1.54) is 12.1 Å². The van der Waals surface area contributed by atoms with E-state index in [1.54, 1.807) is 26.0 Å². The molecule has 180 valence electrons. The van der Waals surface area contributed by atoms with Crippen LogP contribution >= 0.6 is 0 Å². The van der Waals surface area contributed by atoms with Gasteiger partial charge in [-0.3, -0.25) is 9.10 Å². The maximum atomic E-state index is 13.6. The van der Waals surface area contributed by atoms with Crippen molar-refractivity contribution in [2.45, 2.75) is 31.3 Å². The minimum Gasteiger partial charge on any atom is -0.354 e. The summed E-state index contributed by atoms with van der Waals surface area (Å²) in [6.07, 6.45) is -4.14. The third kappa shape index (κ3) is 6.17. The van der Waals surface area contributed by atoms with Crippen LogP contribution < -0.4 is 9.62 Å². The zero-order valence-electron chi connectivity index (χ0n) is 18.8. The second kappa shape index (κ2) is 10.3. The molecule has 9 heteroatoms. The summed E-state index contributed by atoms with van der Waals surface area (Å²) in [4.78, 5) is 12.6. The summed E-state index contributed by atoms with van der Waals surface area (Å²) in [7, 11) is -4.34. The van der Waals surface area contributed by atoms with Crippen molar-refractivity contribution in [1.82, 2.24) is 5.32 Å². The number of rotatable bonds is 8. The number of hydrogen-bond acceptors (Lipinski definition) is 3. The Morgan fingerprint density at radius 1 is 0.941 bits per heavy atom. The van der Waals surface area contributed by atoms with E-state index in [4.69, 9.17) is 0 Å². The highest BCUT2D eigenvalue weighted by molar-refractivity contribution is 7.93. The van der Waals surface area contributed by atoms with Gasteiger partial charge in [-0.15, -0.1) is 0 Å². The van der Waals surface area contributed by atoms with Crippen molar-refractivity contribution in [3.63, 3.8) is 0 Å². The predicted molar refractivity (Wildman–Crippen MR) is 125 cm³/mol. The lowest BCUT2D eigenvalue weighted by molar-refractivity contribution is -0.137. The zero-order valence-corrected chi connectivity index (χ0v) is 19.6. The molecule has 0 radical (unpaired) electrons. The van der Waals surface area contributed by atoms with Gasteiger partial charge in [0, 0.05) is 6.54 Å². The second-order valence-corrected chi connectivity index (χ2v) is 9.75. The number of nitrogens with zero attached hydrogens (tertiary/aromatic N) is 1. The van der Waals surface area contributed by atoms with Crippen LogP contribution in [-0.4, -0.2) is 27.4 Å². The molecule has 34 heavy (non-hydrogen) atoms. The number of amides is 1. The summed E-state index contributed by atoms with van der Waals surface area (Å²) in [5, 5.41) is 2.66. The third-order valence-corrected chi connectivity index (χ3v) is 7.15. The van der Waals surface area contributed by atoms with Crippen LogP contribution in [0.2, 0.25) is 0 Å². The molecule has 0 unspecified atom stereocenters. The third-order valence-electron chi connectivity index (χ3n) is 5.24. The molecule has 5 nitrogen and oxygen atoms in total. The van der Waals surface area contributed by atoms with E-state index >= 15 is 0 Å². The van der Waals surface area contributed by atoms with Crippen LogP contribution in [0.5, 0.6) is 0 Å². The average molecular weight is 491 g/mol. The topological polar surface area (TPSA) is 66.5 Å². The fraction of sp³-hybridized carbons (Fsp3) is 0.240. The number of carbonyl (C=O) groups is 1. The lowest BCUT2D eigenvalue weighted by atomic mass is 10.1. The summed E-state index contributed by atoms with van der Waals surface area (Å²) >= 11 is 0. The van der Waals surface area contributed by atoms with Gasteiger partial charge in [-0.25, -0.2) is 8.42 Å². The molecule has 0 heterocycles. The largest absolute Gasteiger partial charge is 0.416 e. The summed E-state index contributed by atoms with van der Waals surface area (Å²) < 4.78 is 67.8. The van der Waals surface area contributed by atoms with Crippen LogP contribution in [-0.2, 0) is 27.4 Å². The molecule has 0 atom stereocenters. The van der Waals surface area contributed by atoms with Gasteiger partial charge in [0.25, 0.3) is 10.0 Å². The van der Waals surface area contributed by atoms with Crippen molar-refractivity contribution in [1.29, 1.82) is 0 Å².